The Hall–Kier alpha value is -1.86. The first kappa shape index (κ1) is 16.5. The van der Waals surface area contributed by atoms with Crippen LogP contribution in [0.2, 0.25) is 0 Å². The maximum Gasteiger partial charge on any atom is 0.255 e. The second-order valence-corrected chi connectivity index (χ2v) is 9.35. The second kappa shape index (κ2) is 6.50. The molecule has 0 aromatic heterocycles. The maximum atomic E-state index is 12.3. The Bertz CT molecular complexity index is 714. The number of rotatable bonds is 4. The summed E-state index contributed by atoms with van der Waals surface area (Å²) in [5.41, 5.74) is 2.54. The van der Waals surface area contributed by atoms with E-state index in [1.54, 1.807) is 37.6 Å². The highest BCUT2D eigenvalue weighted by Crippen LogP contribution is 2.34. The summed E-state index contributed by atoms with van der Waals surface area (Å²) in [5.74, 6) is 0.258. The van der Waals surface area contributed by atoms with Gasteiger partial charge in [-0.1, -0.05) is 38.1 Å². The highest BCUT2D eigenvalue weighted by molar-refractivity contribution is 7.70. The molecular weight excluding hydrogens is 293 g/mol. The molecule has 2 aromatic rings. The molecule has 22 heavy (non-hydrogen) atoms. The van der Waals surface area contributed by atoms with Crippen molar-refractivity contribution in [3.63, 3.8) is 0 Å². The molecule has 0 saturated carbocycles. The lowest BCUT2D eigenvalue weighted by molar-refractivity contribution is 0.102. The van der Waals surface area contributed by atoms with Gasteiger partial charge in [-0.2, -0.15) is 0 Å². The van der Waals surface area contributed by atoms with Gasteiger partial charge in [0.25, 0.3) is 5.91 Å². The van der Waals surface area contributed by atoms with Gasteiger partial charge in [0.1, 0.15) is 7.14 Å². The molecule has 1 amide bonds. The molecule has 0 aliphatic rings. The van der Waals surface area contributed by atoms with Gasteiger partial charge in [-0.15, -0.1) is 0 Å². The van der Waals surface area contributed by atoms with Crippen LogP contribution in [0, 0.1) is 0 Å². The lowest BCUT2D eigenvalue weighted by Crippen LogP contribution is -2.13. The average Bonchev–Trinajstić information content (AvgIpc) is 2.46. The molecule has 0 heterocycles. The van der Waals surface area contributed by atoms with Crippen LogP contribution in [0.3, 0.4) is 0 Å². The molecular formula is C18H22NO2P. The minimum Gasteiger partial charge on any atom is -0.322 e. The van der Waals surface area contributed by atoms with E-state index < -0.39 is 7.14 Å². The largest absolute Gasteiger partial charge is 0.322 e. The van der Waals surface area contributed by atoms with E-state index in [0.29, 0.717) is 11.5 Å². The van der Waals surface area contributed by atoms with Crippen LogP contribution in [0.5, 0.6) is 0 Å². The number of carbonyl (C=O) groups is 1. The monoisotopic (exact) mass is 315 g/mol. The third-order valence-corrected chi connectivity index (χ3v) is 5.10. The zero-order valence-corrected chi connectivity index (χ0v) is 14.4. The summed E-state index contributed by atoms with van der Waals surface area (Å²) in [4.78, 5) is 12.3. The molecule has 0 atom stereocenters. The van der Waals surface area contributed by atoms with Crippen molar-refractivity contribution in [3.05, 3.63) is 59.7 Å². The van der Waals surface area contributed by atoms with Crippen molar-refractivity contribution < 1.29 is 9.36 Å². The average molecular weight is 315 g/mol. The highest BCUT2D eigenvalue weighted by Gasteiger charge is 2.12. The summed E-state index contributed by atoms with van der Waals surface area (Å²) in [7, 11) is -2.28. The quantitative estimate of drug-likeness (QED) is 0.855. The van der Waals surface area contributed by atoms with E-state index in [1.165, 1.54) is 5.56 Å². The van der Waals surface area contributed by atoms with Crippen molar-refractivity contribution in [3.8, 4) is 0 Å². The molecule has 0 bridgehead atoms. The van der Waals surface area contributed by atoms with E-state index >= 15 is 0 Å². The van der Waals surface area contributed by atoms with Crippen LogP contribution in [0.25, 0.3) is 0 Å². The van der Waals surface area contributed by atoms with E-state index in [4.69, 9.17) is 0 Å². The molecule has 2 aromatic carbocycles. The smallest absolute Gasteiger partial charge is 0.255 e. The van der Waals surface area contributed by atoms with Gasteiger partial charge in [-0.3, -0.25) is 4.79 Å². The molecule has 1 N–H and O–H groups in total. The van der Waals surface area contributed by atoms with Gasteiger partial charge in [0.15, 0.2) is 0 Å². The van der Waals surface area contributed by atoms with Gasteiger partial charge in [0.2, 0.25) is 0 Å². The normalized spacial score (nSPS) is 11.5. The second-order valence-electron chi connectivity index (χ2n) is 6.13. The molecule has 0 aliphatic heterocycles. The fourth-order valence-corrected chi connectivity index (χ4v) is 3.02. The standard InChI is InChI=1S/C18H22NO2P/c1-13(2)15-6-5-7-16(12-15)19-18(20)14-8-10-17(11-9-14)22(3,4)21/h5-13H,1-4H3,(H,19,20). The fraction of sp³-hybridized carbons (Fsp3) is 0.278. The molecule has 0 radical (unpaired) electrons. The van der Waals surface area contributed by atoms with Crippen LogP contribution < -0.4 is 10.6 Å². The number of amides is 1. The zero-order chi connectivity index (χ0) is 16.3. The predicted molar refractivity (Wildman–Crippen MR) is 94.0 cm³/mol. The van der Waals surface area contributed by atoms with E-state index in [2.05, 4.69) is 25.2 Å². The molecule has 2 rings (SSSR count). The van der Waals surface area contributed by atoms with E-state index in [-0.39, 0.29) is 5.91 Å². The lowest BCUT2D eigenvalue weighted by atomic mass is 10.0. The van der Waals surface area contributed by atoms with Crippen LogP contribution >= 0.6 is 7.14 Å². The van der Waals surface area contributed by atoms with Crippen molar-refractivity contribution in [2.45, 2.75) is 19.8 Å². The Labute approximate surface area is 132 Å². The topological polar surface area (TPSA) is 46.2 Å². The van der Waals surface area contributed by atoms with Crippen LogP contribution in [0.1, 0.15) is 35.7 Å². The summed E-state index contributed by atoms with van der Waals surface area (Å²) in [6.45, 7) is 7.68. The SMILES string of the molecule is CC(C)c1cccc(NC(=O)c2ccc(P(C)(C)=O)cc2)c1. The molecule has 0 unspecified atom stereocenters. The highest BCUT2D eigenvalue weighted by atomic mass is 31.2. The molecule has 3 nitrogen and oxygen atoms in total. The Balaban J connectivity index is 2.15. The number of nitrogens with one attached hydrogen (secondary N) is 1. The molecule has 0 spiro atoms. The first-order valence-electron chi connectivity index (χ1n) is 7.34. The van der Waals surface area contributed by atoms with Crippen molar-refractivity contribution >= 4 is 24.0 Å². The number of hydrogen-bond donors (Lipinski definition) is 1. The Kier molecular flexibility index (Phi) is 4.87. The van der Waals surface area contributed by atoms with Gasteiger partial charge in [0.05, 0.1) is 0 Å². The van der Waals surface area contributed by atoms with Crippen LogP contribution in [0.15, 0.2) is 48.5 Å². The minimum absolute atomic E-state index is 0.158. The zero-order valence-electron chi connectivity index (χ0n) is 13.5. The maximum absolute atomic E-state index is 12.3. The summed E-state index contributed by atoms with van der Waals surface area (Å²) in [6, 6.07) is 14.8. The van der Waals surface area contributed by atoms with Crippen molar-refractivity contribution in [1.82, 2.24) is 0 Å². The minimum atomic E-state index is -2.28. The summed E-state index contributed by atoms with van der Waals surface area (Å²) in [5, 5.41) is 3.69. The first-order chi connectivity index (χ1) is 10.3. The molecule has 116 valence electrons. The lowest BCUT2D eigenvalue weighted by Gasteiger charge is -2.11. The fourth-order valence-electron chi connectivity index (χ4n) is 2.15. The van der Waals surface area contributed by atoms with E-state index in [9.17, 15) is 9.36 Å². The molecule has 4 heteroatoms. The van der Waals surface area contributed by atoms with Crippen molar-refractivity contribution in [1.29, 1.82) is 0 Å². The van der Waals surface area contributed by atoms with Gasteiger partial charge in [-0.05, 0) is 49.1 Å². The Morgan fingerprint density at radius 2 is 1.68 bits per heavy atom. The van der Waals surface area contributed by atoms with Crippen molar-refractivity contribution in [2.24, 2.45) is 0 Å². The van der Waals surface area contributed by atoms with Gasteiger partial charge in [0, 0.05) is 16.6 Å². The summed E-state index contributed by atoms with van der Waals surface area (Å²) in [6.07, 6.45) is 0. The van der Waals surface area contributed by atoms with E-state index in [0.717, 1.165) is 11.0 Å². The summed E-state index contributed by atoms with van der Waals surface area (Å²) < 4.78 is 12.0. The predicted octanol–water partition coefficient (Wildman–Crippen LogP) is 4.31. The number of hydrogen-bond acceptors (Lipinski definition) is 2. The molecule has 0 saturated heterocycles. The third kappa shape index (κ3) is 4.08. The van der Waals surface area contributed by atoms with Crippen LogP contribution in [-0.2, 0) is 4.57 Å². The van der Waals surface area contributed by atoms with Crippen LogP contribution in [0.4, 0.5) is 5.69 Å². The number of carbonyl (C=O) groups excluding carboxylic acids is 1. The molecule has 0 aliphatic carbocycles. The van der Waals surface area contributed by atoms with Gasteiger partial charge < -0.3 is 9.88 Å². The number of anilines is 1. The van der Waals surface area contributed by atoms with Gasteiger partial charge >= 0.3 is 0 Å². The molecule has 0 fully saturated rings. The number of benzene rings is 2. The Morgan fingerprint density at radius 1 is 1.05 bits per heavy atom. The van der Waals surface area contributed by atoms with E-state index in [1.807, 2.05) is 18.2 Å². The van der Waals surface area contributed by atoms with Crippen molar-refractivity contribution in [2.75, 3.05) is 18.6 Å². The summed E-state index contributed by atoms with van der Waals surface area (Å²) >= 11 is 0. The first-order valence-corrected chi connectivity index (χ1v) is 9.94. The Morgan fingerprint density at radius 3 is 2.23 bits per heavy atom. The third-order valence-electron chi connectivity index (χ3n) is 3.56. The van der Waals surface area contributed by atoms with Gasteiger partial charge in [-0.25, -0.2) is 0 Å². The van der Waals surface area contributed by atoms with Crippen LogP contribution in [-0.4, -0.2) is 19.2 Å².